The molecule has 3 aromatic heterocycles. The maximum atomic E-state index is 5.43. The first-order valence-electron chi connectivity index (χ1n) is 47.7. The summed E-state index contributed by atoms with van der Waals surface area (Å²) in [4.78, 5) is 44.8. The van der Waals surface area contributed by atoms with Crippen molar-refractivity contribution in [1.29, 1.82) is 0 Å². The van der Waals surface area contributed by atoms with Crippen molar-refractivity contribution in [2.45, 2.75) is 41.5 Å². The SMILES string of the molecule is COc1ccc(-c2ccc(-c3nc(-c4ccc(-c5ccc(OC)cc5)cc4)nc(-c4ccc(-c5ccc(OC)cc5)cc4)n3)cc2)cc1.COc1cccc(-c2ccc(-c3nc(-c4ccc(-c5cccc(OC)c5)cc4)nc(-c4ccc(-c5cccc(OC)c5)cc4)n3)cc2)c1.Cc1ccc(-c2ccc(-c3nc(-c4ccc(-c5ccc(C)c(C)c5)cc4)nc(-c4ccc(-c5ccc(C)c(C)c5)cc4)n3)cc2)cc1C. The predicted octanol–water partition coefficient (Wildman–Crippen LogP) is 31.5. The van der Waals surface area contributed by atoms with Gasteiger partial charge in [0.15, 0.2) is 52.4 Å². The third-order valence-electron chi connectivity index (χ3n) is 26.2. The Bertz CT molecular complexity index is 7300. The van der Waals surface area contributed by atoms with E-state index >= 15 is 0 Å². The summed E-state index contributed by atoms with van der Waals surface area (Å²) in [5.74, 6) is 10.5. The lowest BCUT2D eigenvalue weighted by atomic mass is 9.99. The van der Waals surface area contributed by atoms with E-state index < -0.39 is 0 Å². The Kier molecular flexibility index (Phi) is 28.6. The van der Waals surface area contributed by atoms with Gasteiger partial charge in [0.05, 0.1) is 42.7 Å². The van der Waals surface area contributed by atoms with Crippen LogP contribution < -0.4 is 28.4 Å². The van der Waals surface area contributed by atoms with E-state index in [1.54, 1.807) is 42.7 Å². The van der Waals surface area contributed by atoms with Gasteiger partial charge in [0.2, 0.25) is 0 Å². The minimum atomic E-state index is 0.598. The van der Waals surface area contributed by atoms with Gasteiger partial charge < -0.3 is 28.4 Å². The highest BCUT2D eigenvalue weighted by Gasteiger charge is 2.21. The molecule has 15 nitrogen and oxygen atoms in total. The van der Waals surface area contributed by atoms with Crippen LogP contribution in [0.15, 0.2) is 419 Å². The van der Waals surface area contributed by atoms with Crippen LogP contribution in [0, 0.1) is 41.5 Å². The highest BCUT2D eigenvalue weighted by molar-refractivity contribution is 5.81. The van der Waals surface area contributed by atoms with E-state index in [4.69, 9.17) is 73.3 Å². The summed E-state index contributed by atoms with van der Waals surface area (Å²) in [6.45, 7) is 12.9. The van der Waals surface area contributed by atoms with Crippen LogP contribution >= 0.6 is 0 Å². The van der Waals surface area contributed by atoms with Crippen molar-refractivity contribution in [2.75, 3.05) is 42.7 Å². The third kappa shape index (κ3) is 22.1. The van der Waals surface area contributed by atoms with Crippen LogP contribution in [0.4, 0.5) is 0 Å². The third-order valence-corrected chi connectivity index (χ3v) is 26.2. The normalized spacial score (nSPS) is 10.9. The Morgan fingerprint density at radius 2 is 0.236 bits per heavy atom. The maximum Gasteiger partial charge on any atom is 0.164 e. The van der Waals surface area contributed by atoms with Crippen LogP contribution in [0.3, 0.4) is 0 Å². The molecule has 0 N–H and O–H groups in total. The van der Waals surface area contributed by atoms with Crippen LogP contribution in [0.1, 0.15) is 33.4 Å². The fourth-order valence-corrected chi connectivity index (χ4v) is 17.1. The lowest BCUT2D eigenvalue weighted by Crippen LogP contribution is -2.00. The number of hydrogen-bond acceptors (Lipinski definition) is 15. The molecule has 0 saturated heterocycles. The van der Waals surface area contributed by atoms with Crippen LogP contribution in [0.25, 0.3) is 203 Å². The van der Waals surface area contributed by atoms with Gasteiger partial charge in [-0.2, -0.15) is 0 Å². The summed E-state index contributed by atoms with van der Waals surface area (Å²) < 4.78 is 32.2. The Hall–Kier alpha value is -18.2. The molecule has 0 fully saturated rings. The van der Waals surface area contributed by atoms with Gasteiger partial charge in [-0.3, -0.25) is 0 Å². The van der Waals surface area contributed by atoms with Gasteiger partial charge in [0, 0.05) is 50.1 Å². The Labute approximate surface area is 841 Å². The lowest BCUT2D eigenvalue weighted by Gasteiger charge is -2.11. The first kappa shape index (κ1) is 94.7. The second-order valence-corrected chi connectivity index (χ2v) is 35.4. The van der Waals surface area contributed by atoms with E-state index in [0.29, 0.717) is 52.4 Å². The van der Waals surface area contributed by atoms with E-state index in [9.17, 15) is 0 Å². The van der Waals surface area contributed by atoms with Crippen molar-refractivity contribution in [1.82, 2.24) is 44.9 Å². The lowest BCUT2D eigenvalue weighted by molar-refractivity contribution is 0.415. The molecule has 0 amide bonds. The highest BCUT2D eigenvalue weighted by atomic mass is 16.5. The Morgan fingerprint density at radius 1 is 0.111 bits per heavy atom. The summed E-state index contributed by atoms with van der Waals surface area (Å²) in [6.07, 6.45) is 0. The molecule has 3 heterocycles. The number of nitrogens with zero attached hydrogens (tertiary/aromatic N) is 9. The molecule has 0 unspecified atom stereocenters. The van der Waals surface area contributed by atoms with Crippen LogP contribution in [-0.4, -0.2) is 87.5 Å². The van der Waals surface area contributed by atoms with Crippen molar-refractivity contribution < 1.29 is 28.4 Å². The molecule has 144 heavy (non-hydrogen) atoms. The highest BCUT2D eigenvalue weighted by Crippen LogP contribution is 2.39. The molecular formula is C129H105N9O6. The average molecular weight is 1880 g/mol. The van der Waals surface area contributed by atoms with E-state index in [2.05, 4.69) is 369 Å². The molecular weight excluding hydrogens is 1770 g/mol. The Morgan fingerprint density at radius 3 is 0.382 bits per heavy atom. The topological polar surface area (TPSA) is 171 Å². The minimum Gasteiger partial charge on any atom is -0.497 e. The second kappa shape index (κ2) is 43.4. The van der Waals surface area contributed by atoms with Gasteiger partial charge in [0.1, 0.15) is 34.5 Å². The fraction of sp³-hybridized carbons (Fsp3) is 0.0930. The van der Waals surface area contributed by atoms with Gasteiger partial charge in [-0.1, -0.05) is 346 Å². The van der Waals surface area contributed by atoms with Crippen LogP contribution in [-0.2, 0) is 0 Å². The van der Waals surface area contributed by atoms with Crippen LogP contribution in [0.5, 0.6) is 34.5 Å². The number of aromatic nitrogens is 9. The van der Waals surface area contributed by atoms with Gasteiger partial charge in [-0.15, -0.1) is 0 Å². The molecule has 702 valence electrons. The molecule has 15 heteroatoms. The van der Waals surface area contributed by atoms with Crippen LogP contribution in [0.2, 0.25) is 0 Å². The maximum absolute atomic E-state index is 5.43. The van der Waals surface area contributed by atoms with Crippen molar-refractivity contribution in [3.63, 3.8) is 0 Å². The molecule has 18 aromatic carbocycles. The molecule has 0 radical (unpaired) electrons. The predicted molar refractivity (Wildman–Crippen MR) is 585 cm³/mol. The zero-order valence-corrected chi connectivity index (χ0v) is 82.3. The Balaban J connectivity index is 0.000000137. The number of methoxy groups -OCH3 is 6. The summed E-state index contributed by atoms with van der Waals surface area (Å²) in [5.41, 5.74) is 36.2. The number of ether oxygens (including phenoxy) is 6. The summed E-state index contributed by atoms with van der Waals surface area (Å²) in [6, 6.07) is 143. The molecule has 21 aromatic rings. The van der Waals surface area contributed by atoms with Gasteiger partial charge in [0.25, 0.3) is 0 Å². The van der Waals surface area contributed by atoms with E-state index in [1.807, 2.05) is 91.0 Å². The van der Waals surface area contributed by atoms with Gasteiger partial charge >= 0.3 is 0 Å². The van der Waals surface area contributed by atoms with E-state index in [-0.39, 0.29) is 0 Å². The molecule has 0 aliphatic heterocycles. The van der Waals surface area contributed by atoms with Crippen molar-refractivity contribution in [2.24, 2.45) is 0 Å². The average Bonchev–Trinajstić information content (AvgIpc) is 0.792. The van der Waals surface area contributed by atoms with Gasteiger partial charge in [-0.05, 0) is 248 Å². The smallest absolute Gasteiger partial charge is 0.164 e. The molecule has 0 spiro atoms. The number of hydrogen-bond donors (Lipinski definition) is 0. The zero-order chi connectivity index (χ0) is 99.1. The fourth-order valence-electron chi connectivity index (χ4n) is 17.1. The zero-order valence-electron chi connectivity index (χ0n) is 82.3. The molecule has 0 saturated carbocycles. The van der Waals surface area contributed by atoms with Crippen molar-refractivity contribution in [3.05, 3.63) is 452 Å². The van der Waals surface area contributed by atoms with E-state index in [0.717, 1.165) is 151 Å². The monoisotopic (exact) mass is 1880 g/mol. The summed E-state index contributed by atoms with van der Waals surface area (Å²) in [7, 11) is 10.0. The molecule has 0 aliphatic carbocycles. The van der Waals surface area contributed by atoms with Crippen molar-refractivity contribution >= 4 is 0 Å². The number of benzene rings is 18. The van der Waals surface area contributed by atoms with Gasteiger partial charge in [-0.25, -0.2) is 44.9 Å². The summed E-state index contributed by atoms with van der Waals surface area (Å²) >= 11 is 0. The second-order valence-electron chi connectivity index (χ2n) is 35.4. The minimum absolute atomic E-state index is 0.598. The largest absolute Gasteiger partial charge is 0.497 e. The summed E-state index contributed by atoms with van der Waals surface area (Å²) in [5, 5.41) is 0. The first-order chi connectivity index (χ1) is 70.4. The molecule has 0 atom stereocenters. The molecule has 21 rings (SSSR count). The quantitative estimate of drug-likeness (QED) is 0.0559. The molecule has 0 bridgehead atoms. The van der Waals surface area contributed by atoms with E-state index in [1.165, 1.54) is 66.8 Å². The number of aryl methyl sites for hydroxylation is 6. The van der Waals surface area contributed by atoms with Crippen molar-refractivity contribution in [3.8, 4) is 237 Å². The first-order valence-corrected chi connectivity index (χ1v) is 47.7. The molecule has 0 aliphatic rings. The number of rotatable bonds is 24. The standard InChI is InChI=1S/C45H39N3.2C42H33N3O3/c1-28-7-10-40(25-31(28)4)34-13-19-37(20-14-34)43-46-44(38-21-15-35(16-22-38)41-11-8-29(2)32(5)26-41)48-45(47-43)39-23-17-36(18-24-39)42-12-9-30(3)33(6)27-42;1-46-37-22-16-31(17-23-37)28-4-10-34(11-5-28)40-43-41(35-12-6-29(7-13-35)32-18-24-38(47-2)25-19-32)45-42(44-40)36-14-8-30(9-15-36)33-20-26-39(48-3)27-21-33;1-46-37-10-4-7-34(25-37)28-13-19-31(20-14-28)40-43-41(32-21-15-29(16-22-32)35-8-5-11-38(26-35)47-2)45-42(44-40)33-23-17-30(18-24-33)36-9-6-12-39(27-36)48-3/h7-27H,1-6H3;2*4-27H,1-3H3.